The van der Waals surface area contributed by atoms with Crippen molar-refractivity contribution in [2.75, 3.05) is 0 Å². The smallest absolute Gasteiger partial charge is 0.0165 e. The monoisotopic (exact) mass is 271 g/mol. The van der Waals surface area contributed by atoms with Gasteiger partial charge in [-0.1, -0.05) is 62.9 Å². The predicted molar refractivity (Wildman–Crippen MR) is 85.7 cm³/mol. The van der Waals surface area contributed by atoms with Crippen molar-refractivity contribution in [3.8, 4) is 0 Å². The van der Waals surface area contributed by atoms with Crippen molar-refractivity contribution in [2.45, 2.75) is 69.7 Å². The fourth-order valence-electron chi connectivity index (χ4n) is 4.85. The summed E-state index contributed by atoms with van der Waals surface area (Å²) in [7, 11) is 0. The topological polar surface area (TPSA) is 26.0 Å². The van der Waals surface area contributed by atoms with Crippen molar-refractivity contribution in [1.29, 1.82) is 0 Å². The Kier molecular flexibility index (Phi) is 4.16. The lowest BCUT2D eigenvalue weighted by molar-refractivity contribution is 0.182. The van der Waals surface area contributed by atoms with Crippen molar-refractivity contribution in [3.05, 3.63) is 35.9 Å². The van der Waals surface area contributed by atoms with E-state index in [2.05, 4.69) is 37.3 Å². The normalized spacial score (nSPS) is 31.1. The summed E-state index contributed by atoms with van der Waals surface area (Å²) in [5.74, 6) is 1.60. The van der Waals surface area contributed by atoms with Gasteiger partial charge in [-0.2, -0.15) is 0 Å². The van der Waals surface area contributed by atoms with Crippen molar-refractivity contribution in [1.82, 2.24) is 0 Å². The van der Waals surface area contributed by atoms with Gasteiger partial charge in [-0.25, -0.2) is 0 Å². The second kappa shape index (κ2) is 5.89. The molecule has 0 aliphatic heterocycles. The highest BCUT2D eigenvalue weighted by Gasteiger charge is 2.44. The number of hydrogen-bond donors (Lipinski definition) is 1. The quantitative estimate of drug-likeness (QED) is 0.850. The molecular weight excluding hydrogens is 242 g/mol. The summed E-state index contributed by atoms with van der Waals surface area (Å²) in [5, 5.41) is 0. The lowest BCUT2D eigenvalue weighted by Gasteiger charge is -2.43. The third-order valence-electron chi connectivity index (χ3n) is 5.97. The second-order valence-corrected chi connectivity index (χ2v) is 7.29. The van der Waals surface area contributed by atoms with Crippen LogP contribution in [0, 0.1) is 11.8 Å². The van der Waals surface area contributed by atoms with Crippen LogP contribution in [-0.4, -0.2) is 6.04 Å². The molecule has 2 aliphatic rings. The lowest BCUT2D eigenvalue weighted by Crippen LogP contribution is -2.49. The lowest BCUT2D eigenvalue weighted by atomic mass is 9.65. The Balaban J connectivity index is 1.86. The van der Waals surface area contributed by atoms with Gasteiger partial charge in [-0.15, -0.1) is 0 Å². The first-order valence-electron chi connectivity index (χ1n) is 8.53. The zero-order chi connectivity index (χ0) is 14.0. The van der Waals surface area contributed by atoms with Crippen LogP contribution >= 0.6 is 0 Å². The SMILES string of the molecule is CC1CCCC(C(N)C2(c3ccccc3)CCCC2)C1. The molecule has 0 heterocycles. The maximum absolute atomic E-state index is 6.88. The summed E-state index contributed by atoms with van der Waals surface area (Å²) in [6, 6.07) is 11.5. The van der Waals surface area contributed by atoms with Crippen LogP contribution < -0.4 is 5.73 Å². The first kappa shape index (κ1) is 14.1. The molecule has 2 aliphatic carbocycles. The minimum absolute atomic E-state index is 0.267. The van der Waals surface area contributed by atoms with E-state index in [-0.39, 0.29) is 5.41 Å². The van der Waals surface area contributed by atoms with Crippen LogP contribution in [0.5, 0.6) is 0 Å². The van der Waals surface area contributed by atoms with E-state index in [1.165, 1.54) is 56.9 Å². The van der Waals surface area contributed by atoms with Gasteiger partial charge in [0.2, 0.25) is 0 Å². The molecule has 0 bridgehead atoms. The molecule has 1 heteroatoms. The Hall–Kier alpha value is -0.820. The molecule has 3 atom stereocenters. The van der Waals surface area contributed by atoms with E-state index in [1.54, 1.807) is 0 Å². The standard InChI is InChI=1S/C19H29N/c1-15-8-7-9-16(14-15)18(20)19(12-5-6-13-19)17-10-3-2-4-11-17/h2-4,10-11,15-16,18H,5-9,12-14,20H2,1H3. The van der Waals surface area contributed by atoms with Gasteiger partial charge in [-0.05, 0) is 43.1 Å². The largest absolute Gasteiger partial charge is 0.327 e. The highest BCUT2D eigenvalue weighted by atomic mass is 14.7. The van der Waals surface area contributed by atoms with Gasteiger partial charge in [0.15, 0.2) is 0 Å². The molecule has 3 unspecified atom stereocenters. The van der Waals surface area contributed by atoms with Crippen molar-refractivity contribution in [3.63, 3.8) is 0 Å². The summed E-state index contributed by atoms with van der Waals surface area (Å²) >= 11 is 0. The minimum atomic E-state index is 0.267. The van der Waals surface area contributed by atoms with Gasteiger partial charge in [0.05, 0.1) is 0 Å². The molecule has 2 saturated carbocycles. The van der Waals surface area contributed by atoms with E-state index >= 15 is 0 Å². The molecule has 2 fully saturated rings. The molecule has 0 saturated heterocycles. The number of rotatable bonds is 3. The summed E-state index contributed by atoms with van der Waals surface area (Å²) in [4.78, 5) is 0. The molecule has 0 aromatic heterocycles. The number of nitrogens with two attached hydrogens (primary N) is 1. The average Bonchev–Trinajstić information content (AvgIpc) is 2.98. The Morgan fingerprint density at radius 1 is 1.05 bits per heavy atom. The Morgan fingerprint density at radius 2 is 1.75 bits per heavy atom. The van der Waals surface area contributed by atoms with Gasteiger partial charge >= 0.3 is 0 Å². The van der Waals surface area contributed by atoms with E-state index in [1.807, 2.05) is 0 Å². The molecule has 20 heavy (non-hydrogen) atoms. The van der Waals surface area contributed by atoms with E-state index in [9.17, 15) is 0 Å². The van der Waals surface area contributed by atoms with E-state index < -0.39 is 0 Å². The summed E-state index contributed by atoms with van der Waals surface area (Å²) in [6.45, 7) is 2.41. The van der Waals surface area contributed by atoms with Gasteiger partial charge in [0.1, 0.15) is 0 Å². The average molecular weight is 271 g/mol. The molecular formula is C19H29N. The van der Waals surface area contributed by atoms with Gasteiger partial charge < -0.3 is 5.73 Å². The van der Waals surface area contributed by atoms with Crippen molar-refractivity contribution < 1.29 is 0 Å². The highest BCUT2D eigenvalue weighted by Crippen LogP contribution is 2.47. The molecule has 0 spiro atoms. The molecule has 3 rings (SSSR count). The Morgan fingerprint density at radius 3 is 2.40 bits per heavy atom. The van der Waals surface area contributed by atoms with Crippen LogP contribution in [-0.2, 0) is 5.41 Å². The first-order valence-corrected chi connectivity index (χ1v) is 8.53. The van der Waals surface area contributed by atoms with Crippen LogP contribution in [0.3, 0.4) is 0 Å². The minimum Gasteiger partial charge on any atom is -0.327 e. The fraction of sp³-hybridized carbons (Fsp3) is 0.684. The zero-order valence-corrected chi connectivity index (χ0v) is 12.9. The Bertz CT molecular complexity index is 419. The van der Waals surface area contributed by atoms with Crippen LogP contribution in [0.4, 0.5) is 0 Å². The van der Waals surface area contributed by atoms with E-state index in [0.717, 1.165) is 11.8 Å². The van der Waals surface area contributed by atoms with E-state index in [4.69, 9.17) is 5.73 Å². The zero-order valence-electron chi connectivity index (χ0n) is 12.9. The van der Waals surface area contributed by atoms with Crippen LogP contribution in [0.1, 0.15) is 63.9 Å². The van der Waals surface area contributed by atoms with Gasteiger partial charge in [0, 0.05) is 11.5 Å². The van der Waals surface area contributed by atoms with Gasteiger partial charge in [0.25, 0.3) is 0 Å². The molecule has 0 radical (unpaired) electrons. The van der Waals surface area contributed by atoms with Gasteiger partial charge in [-0.3, -0.25) is 0 Å². The van der Waals surface area contributed by atoms with Crippen molar-refractivity contribution >= 4 is 0 Å². The van der Waals surface area contributed by atoms with Crippen LogP contribution in [0.25, 0.3) is 0 Å². The van der Waals surface area contributed by atoms with Crippen molar-refractivity contribution in [2.24, 2.45) is 17.6 Å². The fourth-order valence-corrected chi connectivity index (χ4v) is 4.85. The summed E-state index contributed by atoms with van der Waals surface area (Å²) < 4.78 is 0. The summed E-state index contributed by atoms with van der Waals surface area (Å²) in [5.41, 5.74) is 8.65. The first-order chi connectivity index (χ1) is 9.72. The molecule has 1 aromatic carbocycles. The maximum atomic E-state index is 6.88. The number of benzene rings is 1. The second-order valence-electron chi connectivity index (χ2n) is 7.29. The third kappa shape index (κ3) is 2.53. The summed E-state index contributed by atoms with van der Waals surface area (Å²) in [6.07, 6.45) is 10.8. The molecule has 0 amide bonds. The van der Waals surface area contributed by atoms with Crippen LogP contribution in [0.2, 0.25) is 0 Å². The molecule has 1 nitrogen and oxygen atoms in total. The number of hydrogen-bond acceptors (Lipinski definition) is 1. The molecule has 110 valence electrons. The molecule has 2 N–H and O–H groups in total. The Labute approximate surface area is 124 Å². The predicted octanol–water partition coefficient (Wildman–Crippen LogP) is 4.65. The van der Waals surface area contributed by atoms with Crippen LogP contribution in [0.15, 0.2) is 30.3 Å². The highest BCUT2D eigenvalue weighted by molar-refractivity contribution is 5.29. The third-order valence-corrected chi connectivity index (χ3v) is 5.97. The maximum Gasteiger partial charge on any atom is 0.0165 e. The van der Waals surface area contributed by atoms with E-state index in [0.29, 0.717) is 6.04 Å². The molecule has 1 aromatic rings.